The number of carboxylic acid groups (broad SMARTS) is 2. The summed E-state index contributed by atoms with van der Waals surface area (Å²) in [5.41, 5.74) is 0.182. The molecule has 3 heterocycles. The number of pyridine rings is 2. The Labute approximate surface area is 244 Å². The van der Waals surface area contributed by atoms with Crippen molar-refractivity contribution in [3.8, 4) is 11.5 Å². The molecule has 0 unspecified atom stereocenters. The van der Waals surface area contributed by atoms with Gasteiger partial charge in [-0.2, -0.15) is 11.3 Å². The van der Waals surface area contributed by atoms with Gasteiger partial charge in [-0.1, -0.05) is 109 Å². The molecule has 0 saturated heterocycles. The van der Waals surface area contributed by atoms with Crippen LogP contribution in [0, 0.1) is 0 Å². The Morgan fingerprint density at radius 2 is 0.925 bits per heavy atom. The standard InChI is InChI=1S/2C10H7NO3.C6H6.C4H4S.Cu/c2*12-8-3-1-2-6-4-5-7(10(13)14)11-9(6)8;1-2-4-6-5-3-1;1-2-4-5-3-1;/h2*1-5,12H,(H,13,14);1-6H;1-4H;/q;;;;+2/p-2. The van der Waals surface area contributed by atoms with Gasteiger partial charge in [0.05, 0.1) is 11.0 Å². The maximum absolute atomic E-state index is 11.3. The fourth-order valence-electron chi connectivity index (χ4n) is 3.09. The van der Waals surface area contributed by atoms with Crippen LogP contribution in [0.1, 0.15) is 21.0 Å². The minimum atomic E-state index is -1.13. The fourth-order valence-corrected chi connectivity index (χ4v) is 3.54. The molecule has 3 aromatic heterocycles. The van der Waals surface area contributed by atoms with Gasteiger partial charge < -0.3 is 20.4 Å². The monoisotopic (exact) mass is 601 g/mol. The Morgan fingerprint density at radius 1 is 0.550 bits per heavy atom. The van der Waals surface area contributed by atoms with Crippen molar-refractivity contribution >= 4 is 45.1 Å². The first-order valence-electron chi connectivity index (χ1n) is 11.4. The van der Waals surface area contributed by atoms with E-state index in [1.807, 2.05) is 59.3 Å². The second kappa shape index (κ2) is 16.3. The number of nitrogens with zero attached hydrogens (tertiary/aromatic N) is 2. The zero-order chi connectivity index (χ0) is 28.0. The van der Waals surface area contributed by atoms with Crippen LogP contribution in [0.25, 0.3) is 21.8 Å². The molecule has 40 heavy (non-hydrogen) atoms. The van der Waals surface area contributed by atoms with Crippen LogP contribution in [-0.4, -0.2) is 32.1 Å². The molecular weight excluding hydrogens is 580 g/mol. The number of rotatable bonds is 2. The number of hydrogen-bond acceptors (Lipinski definition) is 7. The van der Waals surface area contributed by atoms with Gasteiger partial charge in [-0.15, -0.1) is 0 Å². The van der Waals surface area contributed by atoms with E-state index in [4.69, 9.17) is 10.2 Å². The molecule has 205 valence electrons. The van der Waals surface area contributed by atoms with E-state index in [1.54, 1.807) is 47.7 Å². The molecule has 0 spiro atoms. The molecular formula is C30H22CuN2O6S. The molecule has 0 atom stereocenters. The third-order valence-corrected chi connectivity index (χ3v) is 5.53. The topological polar surface area (TPSA) is 146 Å². The van der Waals surface area contributed by atoms with Crippen LogP contribution >= 0.6 is 11.3 Å². The number of carboxylic acids is 2. The van der Waals surface area contributed by atoms with E-state index in [1.165, 1.54) is 24.3 Å². The second-order valence-corrected chi connectivity index (χ2v) is 8.42. The number of fused-ring (bicyclic) bond motifs is 2. The van der Waals surface area contributed by atoms with Crippen LogP contribution in [-0.2, 0) is 17.1 Å². The number of hydrogen-bond donors (Lipinski definition) is 2. The van der Waals surface area contributed by atoms with Crippen LogP contribution in [0.5, 0.6) is 11.5 Å². The van der Waals surface area contributed by atoms with Gasteiger partial charge in [-0.05, 0) is 33.7 Å². The summed E-state index contributed by atoms with van der Waals surface area (Å²) < 4.78 is 0. The molecule has 6 aromatic rings. The summed E-state index contributed by atoms with van der Waals surface area (Å²) in [6, 6.07) is 31.3. The first-order chi connectivity index (χ1) is 18.9. The van der Waals surface area contributed by atoms with Crippen LogP contribution in [0.2, 0.25) is 0 Å². The van der Waals surface area contributed by atoms with Crippen LogP contribution < -0.4 is 10.2 Å². The summed E-state index contributed by atoms with van der Waals surface area (Å²) in [6.45, 7) is 0. The maximum atomic E-state index is 11.3. The Kier molecular flexibility index (Phi) is 12.8. The van der Waals surface area contributed by atoms with Gasteiger partial charge in [-0.25, -0.2) is 19.6 Å². The molecule has 0 bridgehead atoms. The van der Waals surface area contributed by atoms with E-state index >= 15 is 0 Å². The zero-order valence-corrected chi connectivity index (χ0v) is 22.4. The van der Waals surface area contributed by atoms with E-state index in [9.17, 15) is 19.8 Å². The number of carbonyl (C=O) groups is 2. The maximum Gasteiger partial charge on any atom is 2.00 e. The first kappa shape index (κ1) is 31.5. The predicted molar refractivity (Wildman–Crippen MR) is 147 cm³/mol. The first-order valence-corrected chi connectivity index (χ1v) is 12.4. The zero-order valence-electron chi connectivity index (χ0n) is 20.7. The van der Waals surface area contributed by atoms with Crippen molar-refractivity contribution in [2.75, 3.05) is 0 Å². The number of aromatic nitrogens is 2. The summed E-state index contributed by atoms with van der Waals surface area (Å²) in [6.07, 6.45) is 0. The summed E-state index contributed by atoms with van der Waals surface area (Å²) in [7, 11) is 0. The Bertz CT molecular complexity index is 1510. The van der Waals surface area contributed by atoms with E-state index < -0.39 is 11.9 Å². The summed E-state index contributed by atoms with van der Waals surface area (Å²) >= 11 is 1.71. The van der Waals surface area contributed by atoms with Crippen LogP contribution in [0.4, 0.5) is 0 Å². The Balaban J connectivity index is 0.000000201. The van der Waals surface area contributed by atoms with Gasteiger partial charge in [0.2, 0.25) is 0 Å². The molecule has 3 aromatic carbocycles. The third kappa shape index (κ3) is 9.52. The average Bonchev–Trinajstić information content (AvgIpc) is 3.55. The molecule has 8 nitrogen and oxygen atoms in total. The third-order valence-electron chi connectivity index (χ3n) is 4.90. The summed E-state index contributed by atoms with van der Waals surface area (Å²) in [4.78, 5) is 28.7. The summed E-state index contributed by atoms with van der Waals surface area (Å²) in [5.74, 6) is -2.78. The van der Waals surface area contributed by atoms with E-state index in [0.717, 1.165) is 0 Å². The Morgan fingerprint density at radius 3 is 1.23 bits per heavy atom. The van der Waals surface area contributed by atoms with Crippen molar-refractivity contribution in [2.24, 2.45) is 0 Å². The fraction of sp³-hybridized carbons (Fsp3) is 0. The van der Waals surface area contributed by atoms with Gasteiger partial charge in [0.1, 0.15) is 11.4 Å². The smallest absolute Gasteiger partial charge is 0.871 e. The molecule has 1 radical (unpaired) electrons. The molecule has 0 saturated carbocycles. The number of para-hydroxylation sites is 2. The molecule has 0 aliphatic rings. The van der Waals surface area contributed by atoms with Gasteiger partial charge in [0.15, 0.2) is 0 Å². The van der Waals surface area contributed by atoms with Crippen molar-refractivity contribution in [1.82, 2.24) is 9.97 Å². The SMILES string of the molecule is O=C(O)c1ccc2cccc([O-])c2n1.O=C(O)c1ccc2cccc([O-])c2n1.[Cu+2].c1ccccc1.c1ccsc1. The van der Waals surface area contributed by atoms with Crippen molar-refractivity contribution in [1.29, 1.82) is 0 Å². The number of benzene rings is 3. The van der Waals surface area contributed by atoms with Crippen LogP contribution in [0.15, 0.2) is 120 Å². The molecule has 6 rings (SSSR count). The van der Waals surface area contributed by atoms with Crippen LogP contribution in [0.3, 0.4) is 0 Å². The summed E-state index contributed by atoms with van der Waals surface area (Å²) in [5, 5.41) is 45.3. The van der Waals surface area contributed by atoms with Gasteiger partial charge >= 0.3 is 29.0 Å². The van der Waals surface area contributed by atoms with Crippen molar-refractivity contribution in [2.45, 2.75) is 0 Å². The minimum Gasteiger partial charge on any atom is -0.871 e. The minimum absolute atomic E-state index is 0. The quantitative estimate of drug-likeness (QED) is 0.249. The van der Waals surface area contributed by atoms with E-state index in [2.05, 4.69) is 9.97 Å². The molecule has 0 fully saturated rings. The van der Waals surface area contributed by atoms with Crippen molar-refractivity contribution in [3.63, 3.8) is 0 Å². The molecule has 0 amide bonds. The molecule has 10 heteroatoms. The van der Waals surface area contributed by atoms with E-state index in [-0.39, 0.29) is 51.0 Å². The predicted octanol–water partition coefficient (Wildman–Crippen LogP) is 5.45. The largest absolute Gasteiger partial charge is 2.00 e. The van der Waals surface area contributed by atoms with Crippen molar-refractivity contribution in [3.05, 3.63) is 131 Å². The second-order valence-electron chi connectivity index (χ2n) is 7.61. The Hall–Kier alpha value is -4.76. The number of aromatic carboxylic acids is 2. The van der Waals surface area contributed by atoms with E-state index in [0.29, 0.717) is 10.8 Å². The average molecular weight is 602 g/mol. The van der Waals surface area contributed by atoms with Gasteiger partial charge in [0, 0.05) is 0 Å². The molecule has 2 N–H and O–H groups in total. The normalized spacial score (nSPS) is 9.40. The van der Waals surface area contributed by atoms with Gasteiger partial charge in [-0.3, -0.25) is 0 Å². The van der Waals surface area contributed by atoms with Gasteiger partial charge in [0.25, 0.3) is 0 Å². The molecule has 0 aliphatic heterocycles. The number of thiophene rings is 1. The molecule has 0 aliphatic carbocycles. The van der Waals surface area contributed by atoms with Crippen molar-refractivity contribution < 1.29 is 47.1 Å².